The molecule has 2 rings (SSSR count). The molecule has 0 aliphatic carbocycles. The molecule has 2 aromatic carbocycles. The molecule has 104 valence electrons. The highest BCUT2D eigenvalue weighted by atomic mass is 79.9. The molecule has 0 saturated heterocycles. The van der Waals surface area contributed by atoms with E-state index in [1.54, 1.807) is 0 Å². The number of hydrogen-bond donors (Lipinski definition) is 2. The zero-order valence-corrected chi connectivity index (χ0v) is 13.3. The van der Waals surface area contributed by atoms with Crippen LogP contribution in [0.5, 0.6) is 5.75 Å². The molecule has 0 radical (unpaired) electrons. The summed E-state index contributed by atoms with van der Waals surface area (Å²) in [6.45, 7) is 3.89. The number of anilines is 1. The molecule has 2 aromatic rings. The number of nitrogens with one attached hydrogen (secondary N) is 1. The van der Waals surface area contributed by atoms with Crippen LogP contribution in [0.15, 0.2) is 34.8 Å². The Balaban J connectivity index is 2.35. The van der Waals surface area contributed by atoms with Crippen LogP contribution in [-0.4, -0.2) is 11.0 Å². The lowest BCUT2D eigenvalue weighted by molar-refractivity contribution is 0.102. The second-order valence-electron chi connectivity index (χ2n) is 4.55. The maximum Gasteiger partial charge on any atom is 0.259 e. The molecule has 5 heteroatoms. The fourth-order valence-electron chi connectivity index (χ4n) is 1.95. The quantitative estimate of drug-likeness (QED) is 0.823. The molecule has 1 amide bonds. The third-order valence-electron chi connectivity index (χ3n) is 2.87. The molecule has 0 aliphatic heterocycles. The van der Waals surface area contributed by atoms with Crippen LogP contribution in [0.3, 0.4) is 0 Å². The number of benzene rings is 2. The molecule has 0 atom stereocenters. The minimum absolute atomic E-state index is 0.104. The highest BCUT2D eigenvalue weighted by molar-refractivity contribution is 9.10. The molecule has 0 spiro atoms. The highest BCUT2D eigenvalue weighted by Gasteiger charge is 2.14. The topological polar surface area (TPSA) is 49.3 Å². The summed E-state index contributed by atoms with van der Waals surface area (Å²) in [5.41, 5.74) is 2.86. The summed E-state index contributed by atoms with van der Waals surface area (Å²) >= 11 is 9.28. The van der Waals surface area contributed by atoms with Gasteiger partial charge in [-0.1, -0.05) is 17.7 Å². The first kappa shape index (κ1) is 14.9. The standard InChI is InChI=1S/C15H13BrClNO2/c1-8-5-9(2)14(12(16)6-8)18-15(20)11-7-10(17)3-4-13(11)19/h3-7,19H,1-2H3,(H,18,20). The van der Waals surface area contributed by atoms with E-state index in [9.17, 15) is 9.90 Å². The summed E-state index contributed by atoms with van der Waals surface area (Å²) in [5, 5.41) is 12.9. The van der Waals surface area contributed by atoms with E-state index < -0.39 is 5.91 Å². The molecule has 2 N–H and O–H groups in total. The first-order valence-electron chi connectivity index (χ1n) is 5.95. The van der Waals surface area contributed by atoms with Crippen molar-refractivity contribution in [2.45, 2.75) is 13.8 Å². The summed E-state index contributed by atoms with van der Waals surface area (Å²) < 4.78 is 0.796. The van der Waals surface area contributed by atoms with Gasteiger partial charge < -0.3 is 10.4 Å². The van der Waals surface area contributed by atoms with E-state index in [1.807, 2.05) is 26.0 Å². The van der Waals surface area contributed by atoms with E-state index in [-0.39, 0.29) is 11.3 Å². The zero-order valence-electron chi connectivity index (χ0n) is 11.0. The average molecular weight is 355 g/mol. The van der Waals surface area contributed by atoms with Crippen LogP contribution in [0, 0.1) is 13.8 Å². The van der Waals surface area contributed by atoms with Crippen LogP contribution < -0.4 is 5.32 Å². The second kappa shape index (κ2) is 5.85. The SMILES string of the molecule is Cc1cc(C)c(NC(=O)c2cc(Cl)ccc2O)c(Br)c1. The molecule has 0 heterocycles. The largest absolute Gasteiger partial charge is 0.507 e. The Kier molecular flexibility index (Phi) is 4.35. The molecular weight excluding hydrogens is 342 g/mol. The molecule has 0 aromatic heterocycles. The van der Waals surface area contributed by atoms with Gasteiger partial charge in [0.1, 0.15) is 5.75 Å². The molecule has 3 nitrogen and oxygen atoms in total. The predicted molar refractivity (Wildman–Crippen MR) is 84.7 cm³/mol. The third-order valence-corrected chi connectivity index (χ3v) is 3.73. The number of carbonyl (C=O) groups is 1. The molecule has 0 unspecified atom stereocenters. The molecule has 20 heavy (non-hydrogen) atoms. The Hall–Kier alpha value is -1.52. The molecule has 0 fully saturated rings. The average Bonchev–Trinajstić information content (AvgIpc) is 2.36. The zero-order chi connectivity index (χ0) is 14.9. The Morgan fingerprint density at radius 1 is 1.25 bits per heavy atom. The third kappa shape index (κ3) is 3.14. The minimum Gasteiger partial charge on any atom is -0.507 e. The van der Waals surface area contributed by atoms with Crippen molar-refractivity contribution in [2.24, 2.45) is 0 Å². The lowest BCUT2D eigenvalue weighted by Crippen LogP contribution is -2.13. The van der Waals surface area contributed by atoms with Crippen LogP contribution in [0.25, 0.3) is 0 Å². The summed E-state index contributed by atoms with van der Waals surface area (Å²) in [4.78, 5) is 12.2. The number of halogens is 2. The van der Waals surface area contributed by atoms with Gasteiger partial charge in [-0.3, -0.25) is 4.79 Å². The minimum atomic E-state index is -0.405. The van der Waals surface area contributed by atoms with Crippen LogP contribution >= 0.6 is 27.5 Å². The van der Waals surface area contributed by atoms with Gasteiger partial charge in [0.05, 0.1) is 11.3 Å². The molecular formula is C15H13BrClNO2. The summed E-state index contributed by atoms with van der Waals surface area (Å²) in [5.74, 6) is -0.509. The maximum atomic E-state index is 12.2. The van der Waals surface area contributed by atoms with E-state index in [4.69, 9.17) is 11.6 Å². The summed E-state index contributed by atoms with van der Waals surface area (Å²) in [7, 11) is 0. The summed E-state index contributed by atoms with van der Waals surface area (Å²) in [6.07, 6.45) is 0. The van der Waals surface area contributed by atoms with Gasteiger partial charge in [-0.05, 0) is 65.2 Å². The van der Waals surface area contributed by atoms with Crippen molar-refractivity contribution in [3.05, 3.63) is 56.5 Å². The number of phenolic OH excluding ortho intramolecular Hbond substituents is 1. The van der Waals surface area contributed by atoms with Crippen molar-refractivity contribution in [3.8, 4) is 5.75 Å². The Labute approximate surface area is 130 Å². The van der Waals surface area contributed by atoms with Crippen LogP contribution in [0.1, 0.15) is 21.5 Å². The number of aromatic hydroxyl groups is 1. The van der Waals surface area contributed by atoms with E-state index in [0.29, 0.717) is 10.7 Å². The first-order chi connectivity index (χ1) is 9.38. The van der Waals surface area contributed by atoms with Gasteiger partial charge in [0.25, 0.3) is 5.91 Å². The van der Waals surface area contributed by atoms with Gasteiger partial charge >= 0.3 is 0 Å². The van der Waals surface area contributed by atoms with E-state index in [0.717, 1.165) is 15.6 Å². The van der Waals surface area contributed by atoms with Gasteiger partial charge in [0.2, 0.25) is 0 Å². The van der Waals surface area contributed by atoms with Gasteiger partial charge in [-0.15, -0.1) is 0 Å². The highest BCUT2D eigenvalue weighted by Crippen LogP contribution is 2.29. The number of hydrogen-bond acceptors (Lipinski definition) is 2. The monoisotopic (exact) mass is 353 g/mol. The normalized spacial score (nSPS) is 10.4. The maximum absolute atomic E-state index is 12.2. The first-order valence-corrected chi connectivity index (χ1v) is 7.12. The number of phenols is 1. The van der Waals surface area contributed by atoms with Crippen LogP contribution in [0.4, 0.5) is 5.69 Å². The van der Waals surface area contributed by atoms with Crippen molar-refractivity contribution in [1.82, 2.24) is 0 Å². The number of carbonyl (C=O) groups excluding carboxylic acids is 1. The van der Waals surface area contributed by atoms with Crippen LogP contribution in [0.2, 0.25) is 5.02 Å². The van der Waals surface area contributed by atoms with Crippen molar-refractivity contribution < 1.29 is 9.90 Å². The van der Waals surface area contributed by atoms with E-state index >= 15 is 0 Å². The Bertz CT molecular complexity index is 663. The second-order valence-corrected chi connectivity index (χ2v) is 5.85. The Morgan fingerprint density at radius 3 is 2.60 bits per heavy atom. The molecule has 0 aliphatic rings. The number of aryl methyl sites for hydroxylation is 2. The van der Waals surface area contributed by atoms with Crippen molar-refractivity contribution in [1.29, 1.82) is 0 Å². The number of amides is 1. The summed E-state index contributed by atoms with van der Waals surface area (Å²) in [6, 6.07) is 8.25. The van der Waals surface area contributed by atoms with Gasteiger partial charge in [0.15, 0.2) is 0 Å². The Morgan fingerprint density at radius 2 is 1.95 bits per heavy atom. The van der Waals surface area contributed by atoms with Gasteiger partial charge in [-0.2, -0.15) is 0 Å². The molecule has 0 bridgehead atoms. The van der Waals surface area contributed by atoms with Crippen molar-refractivity contribution in [2.75, 3.05) is 5.32 Å². The number of rotatable bonds is 2. The van der Waals surface area contributed by atoms with Gasteiger partial charge in [0, 0.05) is 9.50 Å². The fraction of sp³-hybridized carbons (Fsp3) is 0.133. The van der Waals surface area contributed by atoms with Crippen molar-refractivity contribution >= 4 is 39.1 Å². The van der Waals surface area contributed by atoms with E-state index in [2.05, 4.69) is 21.2 Å². The van der Waals surface area contributed by atoms with Crippen molar-refractivity contribution in [3.63, 3.8) is 0 Å². The van der Waals surface area contributed by atoms with E-state index in [1.165, 1.54) is 18.2 Å². The lowest BCUT2D eigenvalue weighted by atomic mass is 10.1. The lowest BCUT2D eigenvalue weighted by Gasteiger charge is -2.12. The smallest absolute Gasteiger partial charge is 0.259 e. The molecule has 0 saturated carbocycles. The fourth-order valence-corrected chi connectivity index (χ4v) is 2.89. The van der Waals surface area contributed by atoms with Gasteiger partial charge in [-0.25, -0.2) is 0 Å². The van der Waals surface area contributed by atoms with Crippen LogP contribution in [-0.2, 0) is 0 Å². The predicted octanol–water partition coefficient (Wildman–Crippen LogP) is 4.68.